The van der Waals surface area contributed by atoms with Crippen LogP contribution in [-0.2, 0) is 0 Å². The van der Waals surface area contributed by atoms with E-state index in [1.807, 2.05) is 13.1 Å². The molecule has 0 aromatic heterocycles. The highest BCUT2D eigenvalue weighted by Gasteiger charge is 2.48. The lowest BCUT2D eigenvalue weighted by molar-refractivity contribution is 0.365. The molecule has 0 amide bonds. The van der Waals surface area contributed by atoms with Crippen molar-refractivity contribution in [2.45, 2.75) is 18.9 Å². The van der Waals surface area contributed by atoms with E-state index in [4.69, 9.17) is 10.5 Å². The second-order valence-electron chi connectivity index (χ2n) is 4.68. The molecule has 1 unspecified atom stereocenters. The fraction of sp³-hybridized carbons (Fsp3) is 0.538. The van der Waals surface area contributed by atoms with Gasteiger partial charge in [0.05, 0.1) is 11.6 Å². The van der Waals surface area contributed by atoms with Gasteiger partial charge in [0.2, 0.25) is 0 Å². The van der Waals surface area contributed by atoms with E-state index >= 15 is 0 Å². The number of rotatable bonds is 5. The summed E-state index contributed by atoms with van der Waals surface area (Å²) in [6, 6.07) is 6.56. The van der Waals surface area contributed by atoms with Crippen LogP contribution in [0.3, 0.4) is 0 Å². The van der Waals surface area contributed by atoms with Gasteiger partial charge < -0.3 is 15.8 Å². The van der Waals surface area contributed by atoms with Gasteiger partial charge in [-0.3, -0.25) is 0 Å². The summed E-state index contributed by atoms with van der Waals surface area (Å²) in [5, 5.41) is 3.40. The van der Waals surface area contributed by atoms with Crippen molar-refractivity contribution in [1.82, 2.24) is 5.32 Å². The van der Waals surface area contributed by atoms with E-state index in [2.05, 4.69) is 33.4 Å². The third kappa shape index (κ3) is 2.34. The first-order chi connectivity index (χ1) is 8.16. The predicted octanol–water partition coefficient (Wildman–Crippen LogP) is 2.46. The molecule has 1 aliphatic rings. The van der Waals surface area contributed by atoms with Crippen LogP contribution in [0.15, 0.2) is 22.7 Å². The van der Waals surface area contributed by atoms with Crippen LogP contribution >= 0.6 is 15.9 Å². The minimum Gasteiger partial charge on any atom is -0.496 e. The molecule has 1 aliphatic carbocycles. The van der Waals surface area contributed by atoms with Crippen molar-refractivity contribution in [1.29, 1.82) is 0 Å². The van der Waals surface area contributed by atoms with Crippen LogP contribution in [0.2, 0.25) is 0 Å². The number of methoxy groups -OCH3 is 1. The predicted molar refractivity (Wildman–Crippen MR) is 73.2 cm³/mol. The van der Waals surface area contributed by atoms with E-state index < -0.39 is 0 Å². The average molecular weight is 299 g/mol. The summed E-state index contributed by atoms with van der Waals surface area (Å²) < 4.78 is 6.24. The second kappa shape index (κ2) is 4.96. The van der Waals surface area contributed by atoms with Crippen molar-refractivity contribution in [2.75, 3.05) is 20.7 Å². The molecule has 17 heavy (non-hydrogen) atoms. The zero-order valence-electron chi connectivity index (χ0n) is 10.3. The minimum atomic E-state index is 0.253. The van der Waals surface area contributed by atoms with Gasteiger partial charge in [0, 0.05) is 11.5 Å². The number of hydrogen-bond donors (Lipinski definition) is 2. The topological polar surface area (TPSA) is 47.3 Å². The molecule has 94 valence electrons. The van der Waals surface area contributed by atoms with Crippen molar-refractivity contribution < 1.29 is 4.74 Å². The van der Waals surface area contributed by atoms with Gasteiger partial charge in [0.15, 0.2) is 0 Å². The van der Waals surface area contributed by atoms with Crippen LogP contribution in [0.4, 0.5) is 0 Å². The molecule has 0 spiro atoms. The van der Waals surface area contributed by atoms with Crippen LogP contribution < -0.4 is 15.8 Å². The van der Waals surface area contributed by atoms with Crippen LogP contribution in [0.1, 0.15) is 24.4 Å². The zero-order valence-corrected chi connectivity index (χ0v) is 11.9. The largest absolute Gasteiger partial charge is 0.496 e. The fourth-order valence-electron chi connectivity index (χ4n) is 2.46. The van der Waals surface area contributed by atoms with Crippen LogP contribution in [-0.4, -0.2) is 20.7 Å². The Labute approximate surface area is 111 Å². The molecule has 1 saturated carbocycles. The summed E-state index contributed by atoms with van der Waals surface area (Å²) in [7, 11) is 3.68. The molecule has 0 aliphatic heterocycles. The molecular weight excluding hydrogens is 280 g/mol. The first kappa shape index (κ1) is 12.9. The molecule has 3 N–H and O–H groups in total. The Kier molecular flexibility index (Phi) is 3.76. The number of halogens is 1. The van der Waals surface area contributed by atoms with Crippen molar-refractivity contribution >= 4 is 15.9 Å². The SMILES string of the molecule is CNC(c1ccc(OC)c(Br)c1)C1(CN)CC1. The minimum absolute atomic E-state index is 0.253. The van der Waals surface area contributed by atoms with E-state index in [1.54, 1.807) is 7.11 Å². The van der Waals surface area contributed by atoms with Gasteiger partial charge in [-0.2, -0.15) is 0 Å². The summed E-state index contributed by atoms with van der Waals surface area (Å²) in [6.45, 7) is 0.738. The summed E-state index contributed by atoms with van der Waals surface area (Å²) in [5.74, 6) is 0.862. The smallest absolute Gasteiger partial charge is 0.133 e. The number of hydrogen-bond acceptors (Lipinski definition) is 3. The second-order valence-corrected chi connectivity index (χ2v) is 5.54. The van der Waals surface area contributed by atoms with Gasteiger partial charge in [0.25, 0.3) is 0 Å². The molecule has 0 bridgehead atoms. The highest BCUT2D eigenvalue weighted by atomic mass is 79.9. The molecule has 0 radical (unpaired) electrons. The normalized spacial score (nSPS) is 18.8. The molecule has 0 saturated heterocycles. The Balaban J connectivity index is 2.29. The Morgan fingerprint density at radius 2 is 2.24 bits per heavy atom. The first-order valence-corrected chi connectivity index (χ1v) is 6.67. The van der Waals surface area contributed by atoms with E-state index in [0.717, 1.165) is 16.8 Å². The third-order valence-electron chi connectivity index (χ3n) is 3.71. The molecule has 1 fully saturated rings. The molecule has 2 rings (SSSR count). The van der Waals surface area contributed by atoms with Gasteiger partial charge >= 0.3 is 0 Å². The molecule has 1 aromatic carbocycles. The van der Waals surface area contributed by atoms with Crippen molar-refractivity contribution in [2.24, 2.45) is 11.1 Å². The Morgan fingerprint density at radius 1 is 1.53 bits per heavy atom. The number of benzene rings is 1. The lowest BCUT2D eigenvalue weighted by Crippen LogP contribution is -2.32. The highest BCUT2D eigenvalue weighted by Crippen LogP contribution is 2.54. The number of ether oxygens (including phenoxy) is 1. The maximum absolute atomic E-state index is 5.90. The first-order valence-electron chi connectivity index (χ1n) is 5.87. The number of nitrogens with one attached hydrogen (secondary N) is 1. The maximum atomic E-state index is 5.90. The van der Waals surface area contributed by atoms with E-state index in [9.17, 15) is 0 Å². The molecule has 3 nitrogen and oxygen atoms in total. The molecule has 1 atom stereocenters. The number of nitrogens with two attached hydrogens (primary N) is 1. The van der Waals surface area contributed by atoms with E-state index in [1.165, 1.54) is 18.4 Å². The van der Waals surface area contributed by atoms with Gasteiger partial charge in [-0.25, -0.2) is 0 Å². The molecule has 0 heterocycles. The summed E-state index contributed by atoms with van der Waals surface area (Å²) in [4.78, 5) is 0. The van der Waals surface area contributed by atoms with Gasteiger partial charge in [-0.1, -0.05) is 6.07 Å². The Bertz CT molecular complexity index is 404. The lowest BCUT2D eigenvalue weighted by Gasteiger charge is -2.26. The third-order valence-corrected chi connectivity index (χ3v) is 4.33. The van der Waals surface area contributed by atoms with Gasteiger partial charge in [-0.05, 0) is 60.1 Å². The monoisotopic (exact) mass is 298 g/mol. The summed E-state index contributed by atoms with van der Waals surface area (Å²) in [5.41, 5.74) is 7.42. The standard InChI is InChI=1S/C13H19BrN2O/c1-16-12(13(8-15)5-6-13)9-3-4-11(17-2)10(14)7-9/h3-4,7,12,16H,5-6,8,15H2,1-2H3. The average Bonchev–Trinajstić information content (AvgIpc) is 3.11. The van der Waals surface area contributed by atoms with Gasteiger partial charge in [0.1, 0.15) is 5.75 Å². The Morgan fingerprint density at radius 3 is 2.65 bits per heavy atom. The summed E-state index contributed by atoms with van der Waals surface area (Å²) >= 11 is 3.53. The fourth-order valence-corrected chi connectivity index (χ4v) is 3.02. The zero-order chi connectivity index (χ0) is 12.5. The van der Waals surface area contributed by atoms with Crippen LogP contribution in [0, 0.1) is 5.41 Å². The van der Waals surface area contributed by atoms with Crippen molar-refractivity contribution in [3.05, 3.63) is 28.2 Å². The van der Waals surface area contributed by atoms with E-state index in [0.29, 0.717) is 6.04 Å². The molecular formula is C13H19BrN2O. The maximum Gasteiger partial charge on any atom is 0.133 e. The Hall–Kier alpha value is -0.580. The van der Waals surface area contributed by atoms with E-state index in [-0.39, 0.29) is 5.41 Å². The quantitative estimate of drug-likeness (QED) is 0.878. The molecule has 4 heteroatoms. The van der Waals surface area contributed by atoms with Crippen LogP contribution in [0.25, 0.3) is 0 Å². The molecule has 1 aromatic rings. The van der Waals surface area contributed by atoms with Gasteiger partial charge in [-0.15, -0.1) is 0 Å². The van der Waals surface area contributed by atoms with Crippen molar-refractivity contribution in [3.8, 4) is 5.75 Å². The van der Waals surface area contributed by atoms with Crippen LogP contribution in [0.5, 0.6) is 5.75 Å². The lowest BCUT2D eigenvalue weighted by atomic mass is 9.90. The summed E-state index contributed by atoms with van der Waals surface area (Å²) in [6.07, 6.45) is 2.41. The highest BCUT2D eigenvalue weighted by molar-refractivity contribution is 9.10. The van der Waals surface area contributed by atoms with Crippen molar-refractivity contribution in [3.63, 3.8) is 0 Å².